The van der Waals surface area contributed by atoms with E-state index in [4.69, 9.17) is 4.74 Å². The van der Waals surface area contributed by atoms with Crippen molar-refractivity contribution < 1.29 is 30.5 Å². The molecule has 5 aromatic rings. The van der Waals surface area contributed by atoms with E-state index in [0.717, 1.165) is 17.2 Å². The summed E-state index contributed by atoms with van der Waals surface area (Å²) in [4.78, 5) is 13.0. The number of anilines is 1. The lowest BCUT2D eigenvalue weighted by molar-refractivity contribution is -0.0499. The van der Waals surface area contributed by atoms with Gasteiger partial charge in [0.15, 0.2) is 11.6 Å². The van der Waals surface area contributed by atoms with Crippen LogP contribution in [0.4, 0.5) is 19.0 Å². The molecule has 14 heteroatoms. The molecule has 0 aliphatic rings. The minimum Gasteiger partial charge on any atom is -0.497 e. The second-order valence-electron chi connectivity index (χ2n) is 8.54. The fourth-order valence-electron chi connectivity index (χ4n) is 3.92. The van der Waals surface area contributed by atoms with Gasteiger partial charge in [0.25, 0.3) is 0 Å². The normalized spacial score (nSPS) is 11.9. The molecule has 3 heterocycles. The Morgan fingerprint density at radius 3 is 2.40 bits per heavy atom. The highest BCUT2D eigenvalue weighted by molar-refractivity contribution is 7.88. The molecule has 0 saturated heterocycles. The first-order chi connectivity index (χ1) is 19.1. The third kappa shape index (κ3) is 5.38. The van der Waals surface area contributed by atoms with Crippen molar-refractivity contribution in [2.75, 3.05) is 12.4 Å². The Morgan fingerprint density at radius 1 is 1.00 bits per heavy atom. The summed E-state index contributed by atoms with van der Waals surface area (Å²) in [7, 11) is -2.73. The van der Waals surface area contributed by atoms with Crippen LogP contribution in [0.2, 0.25) is 0 Å². The second kappa shape index (κ2) is 10.4. The predicted octanol–water partition coefficient (Wildman–Crippen LogP) is 4.94. The summed E-state index contributed by atoms with van der Waals surface area (Å²) < 4.78 is 74.5. The third-order valence-corrected chi connectivity index (χ3v) is 6.77. The Labute approximate surface area is 226 Å². The van der Waals surface area contributed by atoms with Crippen LogP contribution in [0, 0.1) is 0 Å². The van der Waals surface area contributed by atoms with Gasteiger partial charge in [0, 0.05) is 37.0 Å². The molecular weight excluding hydrogens is 549 g/mol. The SMILES string of the molecule is COc1ccc(CNc2nc3c(-c4cn(C)nc4-c4ccccc4)ncnc3cc2OS(=O)(=O)C(F)(F)F)cc1. The quantitative estimate of drug-likeness (QED) is 0.204. The van der Waals surface area contributed by atoms with Crippen LogP contribution in [-0.2, 0) is 23.7 Å². The zero-order valence-electron chi connectivity index (χ0n) is 21.0. The number of rotatable bonds is 8. The topological polar surface area (TPSA) is 121 Å². The van der Waals surface area contributed by atoms with E-state index in [1.165, 1.54) is 13.4 Å². The van der Waals surface area contributed by atoms with E-state index in [9.17, 15) is 21.6 Å². The van der Waals surface area contributed by atoms with Crippen molar-refractivity contribution in [1.29, 1.82) is 0 Å². The fourth-order valence-corrected chi connectivity index (χ4v) is 4.38. The summed E-state index contributed by atoms with van der Waals surface area (Å²) in [5, 5.41) is 7.42. The average molecular weight is 571 g/mol. The molecule has 2 aromatic carbocycles. The molecule has 0 aliphatic carbocycles. The lowest BCUT2D eigenvalue weighted by Crippen LogP contribution is -2.28. The van der Waals surface area contributed by atoms with E-state index in [-0.39, 0.29) is 23.4 Å². The highest BCUT2D eigenvalue weighted by Crippen LogP contribution is 2.37. The van der Waals surface area contributed by atoms with Crippen molar-refractivity contribution in [3.8, 4) is 34.0 Å². The molecule has 5 rings (SSSR count). The van der Waals surface area contributed by atoms with Crippen LogP contribution in [0.3, 0.4) is 0 Å². The summed E-state index contributed by atoms with van der Waals surface area (Å²) in [6.07, 6.45) is 2.93. The smallest absolute Gasteiger partial charge is 0.497 e. The molecule has 0 spiro atoms. The number of halogens is 3. The Kier molecular flexibility index (Phi) is 7.02. The van der Waals surface area contributed by atoms with Gasteiger partial charge >= 0.3 is 15.6 Å². The molecule has 0 atom stereocenters. The van der Waals surface area contributed by atoms with E-state index < -0.39 is 21.4 Å². The van der Waals surface area contributed by atoms with Crippen LogP contribution >= 0.6 is 0 Å². The van der Waals surface area contributed by atoms with Crippen molar-refractivity contribution in [2.45, 2.75) is 12.1 Å². The molecule has 0 aliphatic heterocycles. The van der Waals surface area contributed by atoms with Gasteiger partial charge in [0.2, 0.25) is 0 Å². The molecule has 0 bridgehead atoms. The highest BCUT2D eigenvalue weighted by Gasteiger charge is 2.49. The molecule has 10 nitrogen and oxygen atoms in total. The number of benzene rings is 2. The number of methoxy groups -OCH3 is 1. The number of aryl methyl sites for hydroxylation is 1. The minimum atomic E-state index is -5.99. The van der Waals surface area contributed by atoms with Crippen molar-refractivity contribution in [2.24, 2.45) is 7.05 Å². The Hall–Kier alpha value is -4.72. The molecule has 40 heavy (non-hydrogen) atoms. The standard InChI is InChI=1S/C26H21F3N6O4S/c1-35-14-19(22(34-35)17-6-4-3-5-7-17)23-24-20(31-15-32-23)12-21(39-40(36,37)26(27,28)29)25(33-24)30-13-16-8-10-18(38-2)11-9-16/h3-12,14-15H,13H2,1-2H3,(H,30,33). The number of fused-ring (bicyclic) bond motifs is 1. The Morgan fingerprint density at radius 2 is 1.73 bits per heavy atom. The molecule has 0 amide bonds. The van der Waals surface area contributed by atoms with E-state index in [2.05, 4.69) is 29.6 Å². The Bertz CT molecular complexity index is 1780. The summed E-state index contributed by atoms with van der Waals surface area (Å²) in [5.74, 6) is -0.310. The Balaban J connectivity index is 1.64. The number of hydrogen-bond acceptors (Lipinski definition) is 9. The van der Waals surface area contributed by atoms with Crippen LogP contribution < -0.4 is 14.2 Å². The zero-order chi connectivity index (χ0) is 28.5. The maximum absolute atomic E-state index is 13.2. The summed E-state index contributed by atoms with van der Waals surface area (Å²) in [6, 6.07) is 17.3. The van der Waals surface area contributed by atoms with Gasteiger partial charge in [-0.2, -0.15) is 26.7 Å². The molecule has 0 unspecified atom stereocenters. The van der Waals surface area contributed by atoms with Crippen molar-refractivity contribution in [1.82, 2.24) is 24.7 Å². The lowest BCUT2D eigenvalue weighted by Gasteiger charge is -2.15. The first-order valence-corrected chi connectivity index (χ1v) is 13.1. The van der Waals surface area contributed by atoms with Crippen molar-refractivity contribution >= 4 is 27.0 Å². The molecule has 1 N–H and O–H groups in total. The molecule has 0 saturated carbocycles. The number of nitrogens with zero attached hydrogens (tertiary/aromatic N) is 5. The molecule has 206 valence electrons. The first kappa shape index (κ1) is 26.9. The number of ether oxygens (including phenoxy) is 1. The number of nitrogens with one attached hydrogen (secondary N) is 1. The van der Waals surface area contributed by atoms with Gasteiger partial charge < -0.3 is 14.2 Å². The summed E-state index contributed by atoms with van der Waals surface area (Å²) in [6.45, 7) is 0.0795. The average Bonchev–Trinajstić information content (AvgIpc) is 3.32. The van der Waals surface area contributed by atoms with E-state index in [1.54, 1.807) is 42.2 Å². The summed E-state index contributed by atoms with van der Waals surface area (Å²) in [5.41, 5.74) is -2.34. The lowest BCUT2D eigenvalue weighted by atomic mass is 10.0. The largest absolute Gasteiger partial charge is 0.534 e. The van der Waals surface area contributed by atoms with Crippen LogP contribution in [0.15, 0.2) is 73.2 Å². The van der Waals surface area contributed by atoms with Crippen LogP contribution in [0.25, 0.3) is 33.5 Å². The van der Waals surface area contributed by atoms with Gasteiger partial charge in [0.1, 0.15) is 29.0 Å². The fraction of sp³-hybridized carbons (Fsp3) is 0.154. The van der Waals surface area contributed by atoms with E-state index >= 15 is 0 Å². The van der Waals surface area contributed by atoms with Gasteiger partial charge in [-0.1, -0.05) is 42.5 Å². The zero-order valence-corrected chi connectivity index (χ0v) is 21.9. The van der Waals surface area contributed by atoms with Gasteiger partial charge in [-0.25, -0.2) is 15.0 Å². The summed E-state index contributed by atoms with van der Waals surface area (Å²) >= 11 is 0. The minimum absolute atomic E-state index is 0.0650. The van der Waals surface area contributed by atoms with Gasteiger partial charge in [0.05, 0.1) is 12.6 Å². The number of alkyl halides is 3. The van der Waals surface area contributed by atoms with Crippen molar-refractivity contribution in [3.63, 3.8) is 0 Å². The van der Waals surface area contributed by atoms with E-state index in [1.807, 2.05) is 30.3 Å². The number of pyridine rings is 1. The van der Waals surface area contributed by atoms with Crippen LogP contribution in [0.1, 0.15) is 5.56 Å². The maximum Gasteiger partial charge on any atom is 0.534 e. The van der Waals surface area contributed by atoms with E-state index in [0.29, 0.717) is 22.7 Å². The van der Waals surface area contributed by atoms with Gasteiger partial charge in [-0.15, -0.1) is 0 Å². The van der Waals surface area contributed by atoms with Gasteiger partial charge in [-0.3, -0.25) is 4.68 Å². The first-order valence-electron chi connectivity index (χ1n) is 11.7. The maximum atomic E-state index is 13.2. The van der Waals surface area contributed by atoms with Gasteiger partial charge in [-0.05, 0) is 17.7 Å². The second-order valence-corrected chi connectivity index (χ2v) is 10.1. The predicted molar refractivity (Wildman–Crippen MR) is 141 cm³/mol. The van der Waals surface area contributed by atoms with Crippen LogP contribution in [0.5, 0.6) is 11.5 Å². The third-order valence-electron chi connectivity index (χ3n) is 5.81. The monoisotopic (exact) mass is 570 g/mol. The number of aromatic nitrogens is 5. The molecular formula is C26H21F3N6O4S. The highest BCUT2D eigenvalue weighted by atomic mass is 32.2. The number of hydrogen-bond donors (Lipinski definition) is 1. The molecule has 0 radical (unpaired) electrons. The van der Waals surface area contributed by atoms with Crippen molar-refractivity contribution in [3.05, 3.63) is 78.8 Å². The molecule has 0 fully saturated rings. The van der Waals surface area contributed by atoms with Crippen LogP contribution in [-0.4, -0.2) is 45.8 Å². The molecule has 3 aromatic heterocycles.